The van der Waals surface area contributed by atoms with Gasteiger partial charge in [-0.15, -0.1) is 0 Å². The zero-order chi connectivity index (χ0) is 31.2. The number of nitrogens with zero attached hydrogens (tertiary/aromatic N) is 1. The van der Waals surface area contributed by atoms with Crippen LogP contribution in [0.5, 0.6) is 17.4 Å². The lowest BCUT2D eigenvalue weighted by Crippen LogP contribution is -2.47. The van der Waals surface area contributed by atoms with E-state index in [0.29, 0.717) is 17.3 Å². The van der Waals surface area contributed by atoms with Gasteiger partial charge in [-0.2, -0.15) is 0 Å². The molecular formula is C33H39N3O7. The highest BCUT2D eigenvalue weighted by Crippen LogP contribution is 2.37. The number of hydrogen-bond acceptors (Lipinski definition) is 8. The van der Waals surface area contributed by atoms with Crippen LogP contribution in [0, 0.1) is 0 Å². The Morgan fingerprint density at radius 1 is 0.953 bits per heavy atom. The van der Waals surface area contributed by atoms with Crippen LogP contribution in [0.3, 0.4) is 0 Å². The van der Waals surface area contributed by atoms with E-state index in [1.54, 1.807) is 53.7 Å². The molecule has 0 saturated heterocycles. The molecule has 10 nitrogen and oxygen atoms in total. The topological polar surface area (TPSA) is 125 Å². The van der Waals surface area contributed by atoms with E-state index in [-0.39, 0.29) is 12.5 Å². The van der Waals surface area contributed by atoms with Crippen LogP contribution < -0.4 is 20.1 Å². The monoisotopic (exact) mass is 589 g/mol. The molecule has 0 fully saturated rings. The maximum Gasteiger partial charge on any atom is 0.408 e. The van der Waals surface area contributed by atoms with Gasteiger partial charge < -0.3 is 29.6 Å². The van der Waals surface area contributed by atoms with Crippen LogP contribution >= 0.6 is 0 Å². The van der Waals surface area contributed by atoms with E-state index in [4.69, 9.17) is 18.9 Å². The third kappa shape index (κ3) is 9.73. The van der Waals surface area contributed by atoms with Gasteiger partial charge in [-0.1, -0.05) is 30.3 Å². The van der Waals surface area contributed by atoms with Crippen LogP contribution in [0.2, 0.25) is 0 Å². The van der Waals surface area contributed by atoms with Crippen molar-refractivity contribution in [3.8, 4) is 17.4 Å². The second-order valence-corrected chi connectivity index (χ2v) is 12.3. The zero-order valence-corrected chi connectivity index (χ0v) is 25.4. The minimum atomic E-state index is -1.24. The van der Waals surface area contributed by atoms with Crippen molar-refractivity contribution in [3.63, 3.8) is 0 Å². The molecule has 2 N–H and O–H groups in total. The third-order valence-electron chi connectivity index (χ3n) is 6.17. The summed E-state index contributed by atoms with van der Waals surface area (Å²) in [4.78, 5) is 42.2. The van der Waals surface area contributed by atoms with Crippen LogP contribution in [0.15, 0.2) is 66.9 Å². The summed E-state index contributed by atoms with van der Waals surface area (Å²) in [7, 11) is 0. The van der Waals surface area contributed by atoms with Gasteiger partial charge in [0.2, 0.25) is 11.8 Å². The number of carbonyl (C=O) groups is 3. The summed E-state index contributed by atoms with van der Waals surface area (Å²) in [6.45, 7) is 10.2. The summed E-state index contributed by atoms with van der Waals surface area (Å²) >= 11 is 0. The Hall–Kier alpha value is -4.60. The molecule has 0 radical (unpaired) electrons. The Balaban J connectivity index is 1.37. The van der Waals surface area contributed by atoms with Gasteiger partial charge in [0.25, 0.3) is 0 Å². The van der Waals surface area contributed by atoms with Crippen LogP contribution in [0.1, 0.15) is 71.6 Å². The second kappa shape index (κ2) is 13.1. The molecule has 2 heterocycles. The van der Waals surface area contributed by atoms with Gasteiger partial charge in [-0.3, -0.25) is 9.59 Å². The van der Waals surface area contributed by atoms with E-state index >= 15 is 0 Å². The van der Waals surface area contributed by atoms with E-state index < -0.39 is 35.2 Å². The van der Waals surface area contributed by atoms with Crippen molar-refractivity contribution < 1.29 is 33.3 Å². The minimum absolute atomic E-state index is 0.0213. The predicted molar refractivity (Wildman–Crippen MR) is 161 cm³/mol. The average Bonchev–Trinajstić information content (AvgIpc) is 2.92. The Kier molecular flexibility index (Phi) is 9.58. The molecule has 1 aliphatic rings. The molecule has 4 rings (SSSR count). The van der Waals surface area contributed by atoms with Crippen molar-refractivity contribution >= 4 is 23.7 Å². The molecule has 2 amide bonds. The molecule has 3 aromatic rings. The molecule has 2 atom stereocenters. The number of benzene rings is 2. The van der Waals surface area contributed by atoms with Gasteiger partial charge in [0.1, 0.15) is 34.8 Å². The molecule has 228 valence electrons. The zero-order valence-electron chi connectivity index (χ0n) is 25.4. The molecule has 1 aromatic heterocycles. The Bertz CT molecular complexity index is 1400. The third-order valence-corrected chi connectivity index (χ3v) is 6.17. The molecule has 1 aliphatic heterocycles. The van der Waals surface area contributed by atoms with E-state index in [0.717, 1.165) is 29.7 Å². The maximum atomic E-state index is 13.1. The van der Waals surface area contributed by atoms with Crippen molar-refractivity contribution in [3.05, 3.63) is 78.0 Å². The van der Waals surface area contributed by atoms with Crippen molar-refractivity contribution in [1.82, 2.24) is 10.3 Å². The van der Waals surface area contributed by atoms with Gasteiger partial charge in [0, 0.05) is 6.07 Å². The Morgan fingerprint density at radius 2 is 1.67 bits per heavy atom. The lowest BCUT2D eigenvalue weighted by atomic mass is 9.97. The van der Waals surface area contributed by atoms with Crippen molar-refractivity contribution in [2.75, 3.05) is 5.32 Å². The fourth-order valence-electron chi connectivity index (χ4n) is 4.40. The number of anilines is 1. The highest BCUT2D eigenvalue weighted by Gasteiger charge is 2.29. The molecule has 0 bridgehead atoms. The van der Waals surface area contributed by atoms with Gasteiger partial charge in [-0.25, -0.2) is 9.78 Å². The fourth-order valence-corrected chi connectivity index (χ4v) is 4.40. The van der Waals surface area contributed by atoms with Gasteiger partial charge in [0.05, 0.1) is 18.3 Å². The molecule has 0 aliphatic carbocycles. The number of hydrogen-bond donors (Lipinski definition) is 2. The number of aromatic nitrogens is 1. The lowest BCUT2D eigenvalue weighted by molar-refractivity contribution is -0.156. The van der Waals surface area contributed by atoms with Crippen LogP contribution in [0.25, 0.3) is 0 Å². The van der Waals surface area contributed by atoms with E-state index in [1.165, 1.54) is 6.20 Å². The number of esters is 1. The fraction of sp³-hybridized carbons (Fsp3) is 0.394. The van der Waals surface area contributed by atoms with Gasteiger partial charge in [0.15, 0.2) is 0 Å². The molecule has 0 spiro atoms. The first-order chi connectivity index (χ1) is 20.2. The van der Waals surface area contributed by atoms with Crippen molar-refractivity contribution in [2.45, 2.75) is 84.2 Å². The molecule has 0 saturated carbocycles. The largest absolute Gasteiger partial charge is 0.485 e. The minimum Gasteiger partial charge on any atom is -0.485 e. The Labute approximate surface area is 252 Å². The first kappa shape index (κ1) is 31.3. The molecule has 1 unspecified atom stereocenters. The number of fused-ring (bicyclic) bond motifs is 1. The number of rotatable bonds is 8. The Morgan fingerprint density at radius 3 is 2.33 bits per heavy atom. The average molecular weight is 590 g/mol. The maximum absolute atomic E-state index is 13.1. The highest BCUT2D eigenvalue weighted by atomic mass is 16.6. The van der Waals surface area contributed by atoms with E-state index in [9.17, 15) is 14.4 Å². The SMILES string of the molecule is CC(C)(C)OC(=O)C[C@H](NC(=O)OC(C)(C)C)C(=O)Nc1ccc(Oc2ccc3c(c2)CCC(c2ccccc2)O3)nc1. The summed E-state index contributed by atoms with van der Waals surface area (Å²) in [5.41, 5.74) is 1.03. The number of ether oxygens (including phenoxy) is 4. The number of alkyl carbamates (subject to hydrolysis) is 1. The van der Waals surface area contributed by atoms with Crippen LogP contribution in [-0.2, 0) is 25.5 Å². The number of amides is 2. The quantitative estimate of drug-likeness (QED) is 0.285. The summed E-state index contributed by atoms with van der Waals surface area (Å²) < 4.78 is 22.8. The number of carbonyl (C=O) groups excluding carboxylic acids is 3. The molecule has 10 heteroatoms. The van der Waals surface area contributed by atoms with Crippen molar-refractivity contribution in [1.29, 1.82) is 0 Å². The summed E-state index contributed by atoms with van der Waals surface area (Å²) in [5, 5.41) is 5.14. The molecular weight excluding hydrogens is 550 g/mol. The number of pyridine rings is 1. The highest BCUT2D eigenvalue weighted by molar-refractivity contribution is 5.98. The molecule has 43 heavy (non-hydrogen) atoms. The summed E-state index contributed by atoms with van der Waals surface area (Å²) in [6.07, 6.45) is 1.96. The van der Waals surface area contributed by atoms with Gasteiger partial charge in [-0.05, 0) is 89.8 Å². The standard InChI is InChI=1S/C33H39N3O7/c1-32(2,3)42-29(37)19-25(36-31(39)43-33(4,5)6)30(38)35-23-13-17-28(34-20-23)40-24-14-16-27-22(18-24)12-15-26(41-27)21-10-8-7-9-11-21/h7-11,13-14,16-18,20,25-26H,12,15,19H2,1-6H3,(H,35,38)(H,36,39)/t25-,26?/m0/s1. The van der Waals surface area contributed by atoms with Crippen LogP contribution in [0.4, 0.5) is 10.5 Å². The predicted octanol–water partition coefficient (Wildman–Crippen LogP) is 6.50. The summed E-state index contributed by atoms with van der Waals surface area (Å²) in [6, 6.07) is 17.8. The number of nitrogens with one attached hydrogen (secondary N) is 2. The number of aryl methyl sites for hydroxylation is 1. The second-order valence-electron chi connectivity index (χ2n) is 12.3. The lowest BCUT2D eigenvalue weighted by Gasteiger charge is -2.26. The first-order valence-corrected chi connectivity index (χ1v) is 14.2. The van der Waals surface area contributed by atoms with Gasteiger partial charge >= 0.3 is 12.1 Å². The van der Waals surface area contributed by atoms with E-state index in [2.05, 4.69) is 27.8 Å². The van der Waals surface area contributed by atoms with E-state index in [1.807, 2.05) is 36.4 Å². The van der Waals surface area contributed by atoms with Crippen LogP contribution in [-0.4, -0.2) is 40.2 Å². The summed E-state index contributed by atoms with van der Waals surface area (Å²) in [5.74, 6) is 0.504. The molecule has 2 aromatic carbocycles. The normalized spacial score (nSPS) is 15.3. The first-order valence-electron chi connectivity index (χ1n) is 14.2. The van der Waals surface area contributed by atoms with Crippen molar-refractivity contribution in [2.24, 2.45) is 0 Å². The smallest absolute Gasteiger partial charge is 0.408 e.